The predicted octanol–water partition coefficient (Wildman–Crippen LogP) is 2.04. The normalized spacial score (nSPS) is 10.3. The van der Waals surface area contributed by atoms with Gasteiger partial charge in [-0.15, -0.1) is 0 Å². The van der Waals surface area contributed by atoms with Gasteiger partial charge in [-0.05, 0) is 28.1 Å². The molecule has 1 aromatic heterocycles. The number of aromatic nitrogens is 2. The first kappa shape index (κ1) is 10.7. The van der Waals surface area contributed by atoms with Crippen LogP contribution in [0.15, 0.2) is 34.9 Å². The molecule has 2 rings (SSSR count). The molecule has 0 amide bonds. The zero-order valence-electron chi connectivity index (χ0n) is 7.96. The van der Waals surface area contributed by atoms with E-state index in [9.17, 15) is 9.90 Å². The van der Waals surface area contributed by atoms with Crippen molar-refractivity contribution in [2.75, 3.05) is 0 Å². The van der Waals surface area contributed by atoms with Crippen molar-refractivity contribution in [2.24, 2.45) is 0 Å². The lowest BCUT2D eigenvalue weighted by atomic mass is 10.3. The van der Waals surface area contributed by atoms with E-state index in [1.165, 1.54) is 4.68 Å². The molecule has 0 spiro atoms. The molecule has 0 aliphatic rings. The molecule has 0 saturated heterocycles. The number of halogens is 1. The van der Waals surface area contributed by atoms with Crippen LogP contribution in [0.2, 0.25) is 0 Å². The summed E-state index contributed by atoms with van der Waals surface area (Å²) in [6.07, 6.45) is 1.10. The fourth-order valence-corrected chi connectivity index (χ4v) is 1.80. The monoisotopic (exact) mass is 282 g/mol. The minimum absolute atomic E-state index is 0.257. The first-order chi connectivity index (χ1) is 7.61. The summed E-state index contributed by atoms with van der Waals surface area (Å²) in [4.78, 5) is 11.0. The van der Waals surface area contributed by atoms with Crippen molar-refractivity contribution in [2.45, 2.75) is 0 Å². The molecule has 0 fully saturated rings. The Morgan fingerprint density at radius 1 is 1.38 bits per heavy atom. The third-order valence-electron chi connectivity index (χ3n) is 2.03. The number of carboxylic acids is 1. The lowest BCUT2D eigenvalue weighted by Gasteiger charge is -2.06. The molecule has 0 saturated carbocycles. The maximum atomic E-state index is 11.0. The Bertz CT molecular complexity index is 551. The molecular formula is C10H7BrN2O3. The summed E-state index contributed by atoms with van der Waals surface area (Å²) in [5, 5.41) is 22.1. The fraction of sp³-hybridized carbons (Fsp3) is 0. The molecule has 1 heterocycles. The molecule has 2 aromatic rings. The number of carbonyl (C=O) groups is 1. The highest BCUT2D eigenvalue weighted by Crippen LogP contribution is 2.25. The van der Waals surface area contributed by atoms with Crippen molar-refractivity contribution >= 4 is 21.9 Å². The Morgan fingerprint density at radius 3 is 2.69 bits per heavy atom. The van der Waals surface area contributed by atoms with Crippen LogP contribution in [0.5, 0.6) is 5.75 Å². The zero-order valence-corrected chi connectivity index (χ0v) is 9.55. The number of aromatic hydroxyl groups is 1. The molecule has 5 nitrogen and oxygen atoms in total. The van der Waals surface area contributed by atoms with E-state index >= 15 is 0 Å². The second-order valence-electron chi connectivity index (χ2n) is 3.05. The van der Waals surface area contributed by atoms with Gasteiger partial charge in [0.25, 0.3) is 0 Å². The van der Waals surface area contributed by atoms with Crippen LogP contribution in [-0.4, -0.2) is 26.0 Å². The van der Waals surface area contributed by atoms with Crippen molar-refractivity contribution in [3.05, 3.63) is 40.6 Å². The number of para-hydroxylation sites is 1. The summed E-state index contributed by atoms with van der Waals surface area (Å²) < 4.78 is 1.86. The van der Waals surface area contributed by atoms with Crippen LogP contribution in [0, 0.1) is 0 Å². The lowest BCUT2D eigenvalue weighted by molar-refractivity contribution is 0.0683. The summed E-state index contributed by atoms with van der Waals surface area (Å²) in [6, 6.07) is 7.02. The molecule has 0 aliphatic carbocycles. The van der Waals surface area contributed by atoms with Crippen molar-refractivity contribution in [1.29, 1.82) is 0 Å². The molecule has 2 N–H and O–H groups in total. The highest BCUT2D eigenvalue weighted by Gasteiger charge is 2.19. The number of carboxylic acid groups (broad SMARTS) is 1. The Morgan fingerprint density at radius 2 is 2.06 bits per heavy atom. The molecule has 16 heavy (non-hydrogen) atoms. The van der Waals surface area contributed by atoms with E-state index in [2.05, 4.69) is 21.0 Å². The highest BCUT2D eigenvalue weighted by atomic mass is 79.9. The minimum Gasteiger partial charge on any atom is -0.504 e. The molecule has 6 heteroatoms. The van der Waals surface area contributed by atoms with Crippen LogP contribution in [-0.2, 0) is 0 Å². The molecule has 0 bridgehead atoms. The van der Waals surface area contributed by atoms with E-state index in [4.69, 9.17) is 5.11 Å². The van der Waals surface area contributed by atoms with Gasteiger partial charge in [-0.25, -0.2) is 9.48 Å². The van der Waals surface area contributed by atoms with Crippen LogP contribution in [0.1, 0.15) is 10.5 Å². The Kier molecular flexibility index (Phi) is 2.66. The largest absolute Gasteiger partial charge is 0.504 e. The van der Waals surface area contributed by atoms with Crippen LogP contribution in [0.3, 0.4) is 0 Å². The maximum Gasteiger partial charge on any atom is 0.358 e. The molecule has 0 aliphatic heterocycles. The topological polar surface area (TPSA) is 75.3 Å². The smallest absolute Gasteiger partial charge is 0.358 e. The van der Waals surface area contributed by atoms with Crippen molar-refractivity contribution in [1.82, 2.24) is 9.78 Å². The van der Waals surface area contributed by atoms with Crippen molar-refractivity contribution in [3.63, 3.8) is 0 Å². The van der Waals surface area contributed by atoms with Gasteiger partial charge in [-0.1, -0.05) is 12.1 Å². The third-order valence-corrected chi connectivity index (χ3v) is 2.70. The van der Waals surface area contributed by atoms with Gasteiger partial charge in [0.2, 0.25) is 0 Å². The highest BCUT2D eigenvalue weighted by molar-refractivity contribution is 9.10. The first-order valence-electron chi connectivity index (χ1n) is 4.36. The van der Waals surface area contributed by atoms with E-state index in [0.29, 0.717) is 10.2 Å². The zero-order chi connectivity index (χ0) is 11.7. The van der Waals surface area contributed by atoms with E-state index < -0.39 is 5.97 Å². The standard InChI is InChI=1S/C10H7BrN2O3/c11-6-3-1-2-4-7(6)13-9(10(15)16)8(14)5-12-13/h1-5,14H,(H,15,16). The van der Waals surface area contributed by atoms with Gasteiger partial charge in [0.05, 0.1) is 11.9 Å². The molecule has 0 unspecified atom stereocenters. The first-order valence-corrected chi connectivity index (χ1v) is 5.15. The molecule has 1 aromatic carbocycles. The number of hydrogen-bond donors (Lipinski definition) is 2. The third kappa shape index (κ3) is 1.67. The van der Waals surface area contributed by atoms with Gasteiger partial charge in [0.1, 0.15) is 0 Å². The molecule has 0 atom stereocenters. The Balaban J connectivity index is 2.66. The predicted molar refractivity (Wildman–Crippen MR) is 59.9 cm³/mol. The van der Waals surface area contributed by atoms with Crippen LogP contribution < -0.4 is 0 Å². The maximum absolute atomic E-state index is 11.0. The second-order valence-corrected chi connectivity index (χ2v) is 3.90. The molecular weight excluding hydrogens is 276 g/mol. The average molecular weight is 283 g/mol. The van der Waals surface area contributed by atoms with Crippen LogP contribution in [0.25, 0.3) is 5.69 Å². The number of hydrogen-bond acceptors (Lipinski definition) is 3. The van der Waals surface area contributed by atoms with Gasteiger partial charge in [-0.2, -0.15) is 5.10 Å². The Hall–Kier alpha value is -1.82. The van der Waals surface area contributed by atoms with Crippen LogP contribution >= 0.6 is 15.9 Å². The fourth-order valence-electron chi connectivity index (χ4n) is 1.35. The Labute approximate surface area is 99.1 Å². The van der Waals surface area contributed by atoms with Crippen molar-refractivity contribution in [3.8, 4) is 11.4 Å². The van der Waals surface area contributed by atoms with E-state index in [0.717, 1.165) is 6.20 Å². The lowest BCUT2D eigenvalue weighted by Crippen LogP contribution is -2.08. The van der Waals surface area contributed by atoms with Gasteiger partial charge in [0.15, 0.2) is 11.4 Å². The second kappa shape index (κ2) is 3.97. The van der Waals surface area contributed by atoms with Crippen LogP contribution in [0.4, 0.5) is 0 Å². The summed E-state index contributed by atoms with van der Waals surface area (Å²) >= 11 is 3.29. The minimum atomic E-state index is -1.23. The van der Waals surface area contributed by atoms with Gasteiger partial charge < -0.3 is 10.2 Å². The van der Waals surface area contributed by atoms with Gasteiger partial charge in [0, 0.05) is 4.47 Å². The van der Waals surface area contributed by atoms with Crippen molar-refractivity contribution < 1.29 is 15.0 Å². The van der Waals surface area contributed by atoms with E-state index in [1.807, 2.05) is 0 Å². The van der Waals surface area contributed by atoms with E-state index in [1.54, 1.807) is 24.3 Å². The molecule has 82 valence electrons. The molecule has 0 radical (unpaired) electrons. The van der Waals surface area contributed by atoms with Gasteiger partial charge >= 0.3 is 5.97 Å². The van der Waals surface area contributed by atoms with Gasteiger partial charge in [-0.3, -0.25) is 0 Å². The summed E-state index contributed by atoms with van der Waals surface area (Å²) in [6.45, 7) is 0. The number of nitrogens with zero attached hydrogens (tertiary/aromatic N) is 2. The quantitative estimate of drug-likeness (QED) is 0.884. The number of benzene rings is 1. The summed E-state index contributed by atoms with van der Waals surface area (Å²) in [5.74, 6) is -1.59. The average Bonchev–Trinajstić information content (AvgIpc) is 2.61. The number of rotatable bonds is 2. The summed E-state index contributed by atoms with van der Waals surface area (Å²) in [5.41, 5.74) is 0.298. The van der Waals surface area contributed by atoms with E-state index in [-0.39, 0.29) is 11.4 Å². The summed E-state index contributed by atoms with van der Waals surface area (Å²) in [7, 11) is 0. The SMILES string of the molecule is O=C(O)c1c(O)cnn1-c1ccccc1Br. The number of aromatic carboxylic acids is 1.